The fourth-order valence-electron chi connectivity index (χ4n) is 2.84. The molecule has 23 heavy (non-hydrogen) atoms. The van der Waals surface area contributed by atoms with E-state index in [4.69, 9.17) is 0 Å². The van der Waals surface area contributed by atoms with Crippen molar-refractivity contribution in [2.24, 2.45) is 0 Å². The number of likely N-dealkylation sites (tertiary alicyclic amines) is 1. The molecule has 0 spiro atoms. The Morgan fingerprint density at radius 2 is 2.17 bits per heavy atom. The summed E-state index contributed by atoms with van der Waals surface area (Å²) < 4.78 is 38.2. The van der Waals surface area contributed by atoms with Crippen molar-refractivity contribution in [2.45, 2.75) is 31.5 Å². The van der Waals surface area contributed by atoms with Crippen molar-refractivity contribution in [1.82, 2.24) is 4.90 Å². The molecule has 1 fully saturated rings. The molecule has 1 saturated heterocycles. The van der Waals surface area contributed by atoms with Gasteiger partial charge in [0.15, 0.2) is 0 Å². The molecule has 0 saturated carbocycles. The second-order valence-corrected chi connectivity index (χ2v) is 6.52. The van der Waals surface area contributed by atoms with Crippen LogP contribution in [0.3, 0.4) is 0 Å². The lowest BCUT2D eigenvalue weighted by Crippen LogP contribution is -2.35. The Morgan fingerprint density at radius 3 is 2.65 bits per heavy atom. The molecule has 8 heteroatoms. The number of alkyl halides is 3. The minimum absolute atomic E-state index is 0.120. The van der Waals surface area contributed by atoms with Crippen LogP contribution in [0, 0.1) is 0 Å². The van der Waals surface area contributed by atoms with E-state index in [0.29, 0.717) is 12.5 Å². The van der Waals surface area contributed by atoms with Crippen molar-refractivity contribution in [3.8, 4) is 0 Å². The summed E-state index contributed by atoms with van der Waals surface area (Å²) in [7, 11) is 2.00. The van der Waals surface area contributed by atoms with Gasteiger partial charge in [0.05, 0.1) is 11.3 Å². The molecule has 1 atom stereocenters. The van der Waals surface area contributed by atoms with Crippen LogP contribution in [0.2, 0.25) is 0 Å². The highest BCUT2D eigenvalue weighted by Crippen LogP contribution is 2.35. The second-order valence-electron chi connectivity index (χ2n) is 5.66. The monoisotopic (exact) mass is 394 g/mol. The van der Waals surface area contributed by atoms with Gasteiger partial charge in [-0.05, 0) is 67.0 Å². The number of benzene rings is 1. The van der Waals surface area contributed by atoms with Gasteiger partial charge in [0.25, 0.3) is 0 Å². The standard InChI is InChI=1S/C15H18BrF3N2O2/c1-20-7-2-3-11(20)6-8-21(14(22)23)13-5-4-10(9-12(13)16)15(17,18)19/h4-5,9,11H,2-3,6-8H2,1H3,(H,22,23). The SMILES string of the molecule is CN1CCCC1CCN(C(=O)O)c1ccc(C(F)(F)F)cc1Br. The maximum absolute atomic E-state index is 12.7. The van der Waals surface area contributed by atoms with Gasteiger partial charge >= 0.3 is 12.3 Å². The first-order valence-electron chi connectivity index (χ1n) is 7.27. The van der Waals surface area contributed by atoms with Crippen LogP contribution in [0.4, 0.5) is 23.7 Å². The van der Waals surface area contributed by atoms with E-state index in [1.807, 2.05) is 7.05 Å². The number of carbonyl (C=O) groups is 1. The molecular formula is C15H18BrF3N2O2. The van der Waals surface area contributed by atoms with E-state index < -0.39 is 17.8 Å². The van der Waals surface area contributed by atoms with Crippen LogP contribution in [0.1, 0.15) is 24.8 Å². The highest BCUT2D eigenvalue weighted by Gasteiger charge is 2.32. The minimum Gasteiger partial charge on any atom is -0.465 e. The van der Waals surface area contributed by atoms with Crippen molar-refractivity contribution in [2.75, 3.05) is 25.0 Å². The lowest BCUT2D eigenvalue weighted by Gasteiger charge is -2.25. The third kappa shape index (κ3) is 4.38. The molecule has 0 aliphatic carbocycles. The molecule has 128 valence electrons. The van der Waals surface area contributed by atoms with E-state index in [9.17, 15) is 23.1 Å². The number of hydrogen-bond acceptors (Lipinski definition) is 2. The summed E-state index contributed by atoms with van der Waals surface area (Å²) >= 11 is 3.06. The van der Waals surface area contributed by atoms with Gasteiger partial charge in [0, 0.05) is 17.1 Å². The first kappa shape index (κ1) is 18.1. The van der Waals surface area contributed by atoms with Crippen LogP contribution in [-0.2, 0) is 6.18 Å². The van der Waals surface area contributed by atoms with Gasteiger partial charge in [-0.15, -0.1) is 0 Å². The summed E-state index contributed by atoms with van der Waals surface area (Å²) in [6, 6.07) is 3.31. The molecule has 1 N–H and O–H groups in total. The number of hydrogen-bond donors (Lipinski definition) is 1. The third-order valence-electron chi connectivity index (χ3n) is 4.15. The molecule has 1 heterocycles. The smallest absolute Gasteiger partial charge is 0.416 e. The van der Waals surface area contributed by atoms with E-state index in [0.717, 1.165) is 36.4 Å². The maximum atomic E-state index is 12.7. The molecule has 1 aromatic carbocycles. The highest BCUT2D eigenvalue weighted by molar-refractivity contribution is 9.10. The summed E-state index contributed by atoms with van der Waals surface area (Å²) in [6.07, 6.45) is -2.89. The Bertz CT molecular complexity index is 580. The van der Waals surface area contributed by atoms with Gasteiger partial charge in [-0.1, -0.05) is 0 Å². The zero-order valence-corrected chi connectivity index (χ0v) is 14.2. The van der Waals surface area contributed by atoms with Crippen molar-refractivity contribution < 1.29 is 23.1 Å². The first-order valence-corrected chi connectivity index (χ1v) is 8.07. The number of carboxylic acid groups (broad SMARTS) is 1. The van der Waals surface area contributed by atoms with E-state index in [1.165, 1.54) is 6.07 Å². The fraction of sp³-hybridized carbons (Fsp3) is 0.533. The predicted molar refractivity (Wildman–Crippen MR) is 84.8 cm³/mol. The van der Waals surface area contributed by atoms with E-state index in [2.05, 4.69) is 20.8 Å². The van der Waals surface area contributed by atoms with Crippen LogP contribution >= 0.6 is 15.9 Å². The topological polar surface area (TPSA) is 43.8 Å². The van der Waals surface area contributed by atoms with Gasteiger partial charge in [0.2, 0.25) is 0 Å². The number of anilines is 1. The van der Waals surface area contributed by atoms with Crippen LogP contribution in [0.25, 0.3) is 0 Å². The Hall–Kier alpha value is -1.28. The molecule has 0 aromatic heterocycles. The summed E-state index contributed by atoms with van der Waals surface area (Å²) in [5, 5.41) is 9.39. The molecule has 1 aromatic rings. The molecule has 1 aliphatic heterocycles. The number of amides is 1. The molecule has 1 unspecified atom stereocenters. The summed E-state index contributed by atoms with van der Waals surface area (Å²) in [4.78, 5) is 14.8. The van der Waals surface area contributed by atoms with E-state index >= 15 is 0 Å². The summed E-state index contributed by atoms with van der Waals surface area (Å²) in [6.45, 7) is 1.23. The van der Waals surface area contributed by atoms with Crippen molar-refractivity contribution in [1.29, 1.82) is 0 Å². The quantitative estimate of drug-likeness (QED) is 0.820. The lowest BCUT2D eigenvalue weighted by molar-refractivity contribution is -0.137. The fourth-order valence-corrected chi connectivity index (χ4v) is 3.44. The average Bonchev–Trinajstić information content (AvgIpc) is 2.84. The Morgan fingerprint density at radius 1 is 1.48 bits per heavy atom. The van der Waals surface area contributed by atoms with Crippen molar-refractivity contribution in [3.63, 3.8) is 0 Å². The zero-order chi connectivity index (χ0) is 17.2. The Labute approximate surface area is 141 Å². The molecule has 2 rings (SSSR count). The highest BCUT2D eigenvalue weighted by atomic mass is 79.9. The van der Waals surface area contributed by atoms with Crippen LogP contribution in [0.15, 0.2) is 22.7 Å². The minimum atomic E-state index is -4.46. The van der Waals surface area contributed by atoms with Crippen LogP contribution < -0.4 is 4.90 Å². The van der Waals surface area contributed by atoms with E-state index in [1.54, 1.807) is 0 Å². The maximum Gasteiger partial charge on any atom is 0.416 e. The van der Waals surface area contributed by atoms with Gasteiger partial charge in [-0.3, -0.25) is 4.90 Å². The van der Waals surface area contributed by atoms with Gasteiger partial charge in [0.1, 0.15) is 0 Å². The molecule has 0 bridgehead atoms. The van der Waals surface area contributed by atoms with Crippen LogP contribution in [-0.4, -0.2) is 42.3 Å². The largest absolute Gasteiger partial charge is 0.465 e. The van der Waals surface area contributed by atoms with Crippen molar-refractivity contribution in [3.05, 3.63) is 28.2 Å². The molecule has 1 amide bonds. The molecule has 4 nitrogen and oxygen atoms in total. The number of halogens is 4. The van der Waals surface area contributed by atoms with Crippen LogP contribution in [0.5, 0.6) is 0 Å². The third-order valence-corrected chi connectivity index (χ3v) is 4.79. The molecule has 0 radical (unpaired) electrons. The predicted octanol–water partition coefficient (Wildman–Crippen LogP) is 4.44. The Balaban J connectivity index is 2.16. The Kier molecular flexibility index (Phi) is 5.57. The molecule has 1 aliphatic rings. The summed E-state index contributed by atoms with van der Waals surface area (Å²) in [5.41, 5.74) is -0.583. The van der Waals surface area contributed by atoms with Gasteiger partial charge in [-0.25, -0.2) is 4.79 Å². The second kappa shape index (κ2) is 7.09. The lowest BCUT2D eigenvalue weighted by atomic mass is 10.1. The molecular weight excluding hydrogens is 377 g/mol. The van der Waals surface area contributed by atoms with Gasteiger partial charge in [-0.2, -0.15) is 13.2 Å². The van der Waals surface area contributed by atoms with Crippen molar-refractivity contribution >= 4 is 27.7 Å². The normalized spacial score (nSPS) is 19.1. The van der Waals surface area contributed by atoms with Gasteiger partial charge < -0.3 is 10.0 Å². The first-order chi connectivity index (χ1) is 10.7. The summed E-state index contributed by atoms with van der Waals surface area (Å²) in [5.74, 6) is 0. The van der Waals surface area contributed by atoms with E-state index in [-0.39, 0.29) is 16.7 Å². The number of nitrogens with zero attached hydrogens (tertiary/aromatic N) is 2. The zero-order valence-electron chi connectivity index (χ0n) is 12.6. The number of rotatable bonds is 4. The average molecular weight is 395 g/mol.